The molecule has 1 fully saturated rings. The Kier molecular flexibility index (Phi) is 7.03. The van der Waals surface area contributed by atoms with Gasteiger partial charge in [-0.05, 0) is 31.3 Å². The lowest BCUT2D eigenvalue weighted by atomic mass is 10.0. The van der Waals surface area contributed by atoms with Crippen LogP contribution in [0.5, 0.6) is 0 Å². The van der Waals surface area contributed by atoms with Gasteiger partial charge < -0.3 is 4.90 Å². The van der Waals surface area contributed by atoms with Crippen LogP contribution in [0.4, 0.5) is 18.0 Å². The van der Waals surface area contributed by atoms with E-state index in [-0.39, 0.29) is 38.5 Å². The van der Waals surface area contributed by atoms with Crippen molar-refractivity contribution in [3.05, 3.63) is 23.5 Å². The molecule has 2 aliphatic rings. The zero-order chi connectivity index (χ0) is 25.3. The molecule has 0 aromatic carbocycles. The third-order valence-electron chi connectivity index (χ3n) is 5.89. The van der Waals surface area contributed by atoms with Crippen LogP contribution in [0.3, 0.4) is 0 Å². The lowest BCUT2D eigenvalue weighted by Crippen LogP contribution is -2.50. The Morgan fingerprint density at radius 1 is 1.29 bits per heavy atom. The van der Waals surface area contributed by atoms with Crippen LogP contribution in [0.1, 0.15) is 24.6 Å². The second kappa shape index (κ2) is 9.33. The van der Waals surface area contributed by atoms with E-state index in [4.69, 9.17) is 5.21 Å². The van der Waals surface area contributed by atoms with Crippen molar-refractivity contribution in [2.75, 3.05) is 32.4 Å². The number of alkyl halides is 3. The number of halogens is 3. The van der Waals surface area contributed by atoms with Gasteiger partial charge in [0.05, 0.1) is 13.1 Å². The molecule has 13 heteroatoms. The highest BCUT2D eigenvalue weighted by Crippen LogP contribution is 2.26. The van der Waals surface area contributed by atoms with Crippen LogP contribution >= 0.6 is 0 Å². The molecule has 1 unspecified atom stereocenters. The third-order valence-corrected chi connectivity index (χ3v) is 7.92. The number of hydrogen-bond acceptors (Lipinski definition) is 6. The van der Waals surface area contributed by atoms with E-state index in [1.807, 2.05) is 0 Å². The number of hydrogen-bond donors (Lipinski definition) is 2. The summed E-state index contributed by atoms with van der Waals surface area (Å²) >= 11 is 0. The lowest BCUT2D eigenvalue weighted by molar-refractivity contribution is -0.156. The zero-order valence-corrected chi connectivity index (χ0v) is 19.3. The van der Waals surface area contributed by atoms with Crippen molar-refractivity contribution in [1.82, 2.24) is 19.8 Å². The maximum absolute atomic E-state index is 12.6. The number of hydroxylamine groups is 1. The van der Waals surface area contributed by atoms with E-state index in [2.05, 4.69) is 23.7 Å². The minimum atomic E-state index is -4.22. The van der Waals surface area contributed by atoms with Crippen LogP contribution < -0.4 is 5.48 Å². The van der Waals surface area contributed by atoms with Crippen molar-refractivity contribution in [3.63, 3.8) is 0 Å². The summed E-state index contributed by atoms with van der Waals surface area (Å²) in [6.45, 7) is 0.886. The number of nitrogens with zero attached hydrogens (tertiary/aromatic N) is 3. The summed E-state index contributed by atoms with van der Waals surface area (Å²) in [5.41, 5.74) is 2.52. The fourth-order valence-electron chi connectivity index (χ4n) is 3.69. The molecular formula is C21H23F3N4O5S. The quantitative estimate of drug-likeness (QED) is 0.340. The standard InChI is InChI=1S/C21H23F3N4O5S/c1-20(18(29)25-31,34(2,32)33)7-8-27-13-17-9-15(12-28(17)19(27)30)5-3-4-6-16-10-26(11-16)14-21(22,23)24/h9,12,16,31H,7-8,10-11,13-14H2,1-2H3,(H,25,29). The molecule has 3 rings (SSSR count). The average molecular weight is 500 g/mol. The number of fused-ring (bicyclic) bond motifs is 1. The maximum atomic E-state index is 12.6. The molecule has 34 heavy (non-hydrogen) atoms. The Labute approximate surface area is 194 Å². The van der Waals surface area contributed by atoms with Crippen molar-refractivity contribution in [2.24, 2.45) is 5.92 Å². The molecule has 2 amide bonds. The first kappa shape index (κ1) is 25.6. The summed E-state index contributed by atoms with van der Waals surface area (Å²) in [6, 6.07) is 1.27. The Morgan fingerprint density at radius 3 is 2.53 bits per heavy atom. The van der Waals surface area contributed by atoms with Gasteiger partial charge in [0.25, 0.3) is 5.91 Å². The topological polar surface area (TPSA) is 112 Å². The Balaban J connectivity index is 1.56. The fraction of sp³-hybridized carbons (Fsp3) is 0.524. The van der Waals surface area contributed by atoms with E-state index in [9.17, 15) is 31.2 Å². The number of rotatable bonds is 6. The molecule has 1 aromatic heterocycles. The van der Waals surface area contributed by atoms with Gasteiger partial charge in [0.2, 0.25) is 0 Å². The molecular weight excluding hydrogens is 477 g/mol. The van der Waals surface area contributed by atoms with Crippen LogP contribution in [0.2, 0.25) is 0 Å². The van der Waals surface area contributed by atoms with Gasteiger partial charge in [-0.15, -0.1) is 0 Å². The van der Waals surface area contributed by atoms with E-state index in [0.717, 1.165) is 6.26 Å². The van der Waals surface area contributed by atoms with Crippen molar-refractivity contribution >= 4 is 21.8 Å². The number of aromatic nitrogens is 1. The van der Waals surface area contributed by atoms with Gasteiger partial charge in [0.15, 0.2) is 14.6 Å². The number of carbonyl (C=O) groups is 2. The lowest BCUT2D eigenvalue weighted by Gasteiger charge is -2.36. The summed E-state index contributed by atoms with van der Waals surface area (Å²) < 4.78 is 60.4. The molecule has 3 heterocycles. The summed E-state index contributed by atoms with van der Waals surface area (Å²) in [6.07, 6.45) is -2.03. The molecule has 2 aliphatic heterocycles. The minimum Gasteiger partial charge on any atom is -0.318 e. The highest BCUT2D eigenvalue weighted by Gasteiger charge is 2.44. The summed E-state index contributed by atoms with van der Waals surface area (Å²) in [5.74, 6) is 9.64. The summed E-state index contributed by atoms with van der Waals surface area (Å²) in [4.78, 5) is 27.2. The molecule has 1 saturated heterocycles. The molecule has 0 aliphatic carbocycles. The van der Waals surface area contributed by atoms with Gasteiger partial charge in [-0.1, -0.05) is 11.8 Å². The number of carbonyl (C=O) groups excluding carboxylic acids is 2. The molecule has 1 atom stereocenters. The molecule has 9 nitrogen and oxygen atoms in total. The summed E-state index contributed by atoms with van der Waals surface area (Å²) in [5, 5.41) is 8.89. The largest absolute Gasteiger partial charge is 0.401 e. The Hall–Kier alpha value is -3.00. The van der Waals surface area contributed by atoms with Crippen molar-refractivity contribution in [2.45, 2.75) is 30.8 Å². The Bertz CT molecular complexity index is 1210. The van der Waals surface area contributed by atoms with Crippen molar-refractivity contribution < 1.29 is 36.4 Å². The van der Waals surface area contributed by atoms with Crippen LogP contribution in [0, 0.1) is 29.6 Å². The van der Waals surface area contributed by atoms with Crippen molar-refractivity contribution in [1.29, 1.82) is 0 Å². The number of likely N-dealkylation sites (tertiary alicyclic amines) is 1. The molecule has 1 aromatic rings. The van der Waals surface area contributed by atoms with Crippen LogP contribution in [0.15, 0.2) is 12.3 Å². The van der Waals surface area contributed by atoms with Gasteiger partial charge in [0.1, 0.15) is 0 Å². The number of amides is 2. The van der Waals surface area contributed by atoms with Crippen LogP contribution in [-0.4, -0.2) is 83.3 Å². The molecule has 0 radical (unpaired) electrons. The van der Waals surface area contributed by atoms with Gasteiger partial charge in [-0.3, -0.25) is 19.5 Å². The Morgan fingerprint density at radius 2 is 1.97 bits per heavy atom. The van der Waals surface area contributed by atoms with E-state index < -0.39 is 39.2 Å². The SMILES string of the molecule is CC(CCN1Cc2cc(C#CC#CC3CN(CC(F)(F)F)C3)cn2C1=O)(C(=O)NO)S(C)(=O)=O. The molecule has 2 N–H and O–H groups in total. The van der Waals surface area contributed by atoms with Crippen LogP contribution in [0.25, 0.3) is 0 Å². The van der Waals surface area contributed by atoms with Gasteiger partial charge in [-0.2, -0.15) is 13.2 Å². The van der Waals surface area contributed by atoms with Crippen molar-refractivity contribution in [3.8, 4) is 23.7 Å². The first-order valence-electron chi connectivity index (χ1n) is 10.2. The van der Waals surface area contributed by atoms with Gasteiger partial charge in [0, 0.05) is 49.3 Å². The molecule has 184 valence electrons. The first-order chi connectivity index (χ1) is 15.7. The zero-order valence-electron chi connectivity index (χ0n) is 18.4. The van der Waals surface area contributed by atoms with Gasteiger partial charge >= 0.3 is 12.2 Å². The molecule has 0 bridgehead atoms. The smallest absolute Gasteiger partial charge is 0.318 e. The highest BCUT2D eigenvalue weighted by molar-refractivity contribution is 7.92. The highest BCUT2D eigenvalue weighted by atomic mass is 32.2. The van der Waals surface area contributed by atoms with Crippen LogP contribution in [-0.2, 0) is 21.2 Å². The third kappa shape index (κ3) is 5.55. The average Bonchev–Trinajstić information content (AvgIpc) is 3.23. The normalized spacial score (nSPS) is 18.2. The second-order valence-corrected chi connectivity index (χ2v) is 11.0. The summed E-state index contributed by atoms with van der Waals surface area (Å²) in [7, 11) is -3.87. The molecule has 0 spiro atoms. The minimum absolute atomic E-state index is 0.0310. The maximum Gasteiger partial charge on any atom is 0.401 e. The second-order valence-electron chi connectivity index (χ2n) is 8.51. The predicted octanol–water partition coefficient (Wildman–Crippen LogP) is 0.820. The number of nitrogens with one attached hydrogen (secondary N) is 1. The molecule has 0 saturated carbocycles. The van der Waals surface area contributed by atoms with E-state index in [1.165, 1.54) is 33.0 Å². The first-order valence-corrected chi connectivity index (χ1v) is 12.1. The predicted molar refractivity (Wildman–Crippen MR) is 114 cm³/mol. The fourth-order valence-corrected chi connectivity index (χ4v) is 4.53. The van der Waals surface area contributed by atoms with E-state index in [1.54, 1.807) is 6.07 Å². The van der Waals surface area contributed by atoms with E-state index in [0.29, 0.717) is 11.3 Å². The van der Waals surface area contributed by atoms with Gasteiger partial charge in [-0.25, -0.2) is 18.7 Å². The monoisotopic (exact) mass is 500 g/mol. The number of sulfone groups is 1. The van der Waals surface area contributed by atoms with E-state index >= 15 is 0 Å².